The molecule has 0 unspecified atom stereocenters. The fraction of sp³-hybridized carbons (Fsp3) is 0.277. The number of hydrogen-bond acceptors (Lipinski definition) is 4. The van der Waals surface area contributed by atoms with Gasteiger partial charge < -0.3 is 19.5 Å². The van der Waals surface area contributed by atoms with E-state index in [1.165, 1.54) is 61.2 Å². The van der Waals surface area contributed by atoms with Gasteiger partial charge in [0.1, 0.15) is 11.2 Å². The second-order valence-electron chi connectivity index (χ2n) is 30.7. The van der Waals surface area contributed by atoms with Crippen LogP contribution in [0.4, 0.5) is 45.5 Å². The quantitative estimate of drug-likeness (QED) is 0.154. The van der Waals surface area contributed by atoms with E-state index in [1.54, 1.807) is 0 Å². The van der Waals surface area contributed by atoms with Gasteiger partial charge in [0.05, 0.1) is 5.69 Å². The van der Waals surface area contributed by atoms with Crippen molar-refractivity contribution in [2.75, 3.05) is 15.1 Å². The number of nitrogens with zero attached hydrogens (tertiary/aromatic N) is 2. The summed E-state index contributed by atoms with van der Waals surface area (Å²) in [4.78, 5) is 5.00. The number of nitrogens with one attached hydrogen (secondary N) is 1. The SMILES string of the molecule is CC(C)(C)c1ccc(Nc2cc3c(cc2-c2c4c(cc5c2oc2ccccc25)N(c2ccc(C(C)(C)C)cc2-c2ccccc2)c2ccc(C(C)(C)C)cc2[B]4)-c2ccc(N(c4ccc(C(C)(C)C)cc4)c4ccc(C(C)(C)C)cc4)cc2C3(C)C)cc1. The van der Waals surface area contributed by atoms with Crippen molar-refractivity contribution in [3.63, 3.8) is 0 Å². The molecule has 0 fully saturated rings. The number of para-hydroxylation sites is 1. The molecule has 0 amide bonds. The Hall–Kier alpha value is -8.54. The van der Waals surface area contributed by atoms with E-state index in [-0.39, 0.29) is 32.5 Å². The number of fused-ring (bicyclic) bond motifs is 8. The molecule has 13 rings (SSSR count). The largest absolute Gasteiger partial charge is 0.455 e. The molecule has 2 heterocycles. The van der Waals surface area contributed by atoms with Crippen molar-refractivity contribution in [3.8, 4) is 33.4 Å². The van der Waals surface area contributed by atoms with Crippen LogP contribution in [-0.4, -0.2) is 7.28 Å². The van der Waals surface area contributed by atoms with Gasteiger partial charge in [-0.25, -0.2) is 0 Å². The summed E-state index contributed by atoms with van der Waals surface area (Å²) in [5, 5.41) is 6.27. The van der Waals surface area contributed by atoms with E-state index in [9.17, 15) is 0 Å². The van der Waals surface area contributed by atoms with Gasteiger partial charge in [-0.15, -0.1) is 0 Å². The third-order valence-electron chi connectivity index (χ3n) is 18.9. The Morgan fingerprint density at radius 2 is 0.920 bits per heavy atom. The Balaban J connectivity index is 1.08. The molecule has 441 valence electrons. The van der Waals surface area contributed by atoms with Crippen molar-refractivity contribution in [2.45, 2.75) is 150 Å². The third kappa shape index (κ3) is 10.3. The Morgan fingerprint density at radius 1 is 0.409 bits per heavy atom. The van der Waals surface area contributed by atoms with Crippen LogP contribution in [0.1, 0.15) is 157 Å². The summed E-state index contributed by atoms with van der Waals surface area (Å²) in [6, 6.07) is 75.9. The lowest BCUT2D eigenvalue weighted by Gasteiger charge is -2.37. The molecule has 1 aliphatic carbocycles. The van der Waals surface area contributed by atoms with Gasteiger partial charge in [0.25, 0.3) is 0 Å². The number of anilines is 8. The lowest BCUT2D eigenvalue weighted by atomic mass is 9.57. The van der Waals surface area contributed by atoms with E-state index in [0.717, 1.165) is 89.5 Å². The van der Waals surface area contributed by atoms with Crippen LogP contribution in [0.3, 0.4) is 0 Å². The van der Waals surface area contributed by atoms with Crippen LogP contribution in [0.15, 0.2) is 205 Å². The molecule has 1 aromatic heterocycles. The number of hydrogen-bond donors (Lipinski definition) is 1. The second-order valence-corrected chi connectivity index (χ2v) is 30.7. The van der Waals surface area contributed by atoms with Gasteiger partial charge in [-0.1, -0.05) is 232 Å². The van der Waals surface area contributed by atoms with Crippen LogP contribution in [0.5, 0.6) is 0 Å². The Morgan fingerprint density at radius 3 is 1.51 bits per heavy atom. The molecule has 1 aliphatic heterocycles. The highest BCUT2D eigenvalue weighted by atomic mass is 16.3. The molecule has 88 heavy (non-hydrogen) atoms. The van der Waals surface area contributed by atoms with Crippen molar-refractivity contribution in [1.29, 1.82) is 0 Å². The molecule has 10 aromatic carbocycles. The first-order valence-electron chi connectivity index (χ1n) is 31.7. The van der Waals surface area contributed by atoms with Gasteiger partial charge >= 0.3 is 0 Å². The maximum atomic E-state index is 7.35. The molecule has 0 atom stereocenters. The summed E-state index contributed by atoms with van der Waals surface area (Å²) in [7, 11) is 2.46. The normalized spacial score (nSPS) is 13.9. The molecule has 0 saturated carbocycles. The first-order chi connectivity index (χ1) is 41.5. The van der Waals surface area contributed by atoms with Gasteiger partial charge in [-0.05, 0) is 179 Å². The monoisotopic (exact) mass is 1150 g/mol. The molecule has 0 spiro atoms. The first kappa shape index (κ1) is 58.5. The summed E-state index contributed by atoms with van der Waals surface area (Å²) in [6.07, 6.45) is 0. The minimum Gasteiger partial charge on any atom is -0.455 e. The maximum Gasteiger partial charge on any atom is 0.198 e. The van der Waals surface area contributed by atoms with Crippen molar-refractivity contribution >= 4 is 85.6 Å². The van der Waals surface area contributed by atoms with Crippen molar-refractivity contribution < 1.29 is 4.42 Å². The van der Waals surface area contributed by atoms with Crippen LogP contribution in [0.2, 0.25) is 0 Å². The Bertz CT molecular complexity index is 4450. The Labute approximate surface area is 524 Å². The fourth-order valence-corrected chi connectivity index (χ4v) is 13.5. The zero-order chi connectivity index (χ0) is 62.2. The highest BCUT2D eigenvalue weighted by Crippen LogP contribution is 2.55. The van der Waals surface area contributed by atoms with Gasteiger partial charge in [0.15, 0.2) is 7.28 Å². The summed E-state index contributed by atoms with van der Waals surface area (Å²) in [6.45, 7) is 39.3. The standard InChI is InChI=1S/C83H85BN3O/c1-78(2,3)52-27-35-57(36-28-52)85-70-50-68-64(61-42-41-60(47-67(61)83(68,16)17)86(58-37-29-53(30-38-58)79(4,5)6)59-39-31-54(32-40-59)80(7,8)9)48-66(70)75-76-73(49-65-62-25-21-22-26-74(62)88-77(65)75)87(72-44-34-56(82(13,14)15)46-69(72)84-76)71-43-33-55(81(10,11)12)45-63(71)51-23-19-18-20-24-51/h18-50,85H,1-17H3. The van der Waals surface area contributed by atoms with Crippen molar-refractivity contribution in [3.05, 3.63) is 239 Å². The van der Waals surface area contributed by atoms with E-state index in [1.807, 2.05) is 0 Å². The average Bonchev–Trinajstić information content (AvgIpc) is 1.56. The van der Waals surface area contributed by atoms with Crippen LogP contribution in [-0.2, 0) is 32.5 Å². The van der Waals surface area contributed by atoms with Gasteiger partial charge in [-0.3, -0.25) is 0 Å². The zero-order valence-electron chi connectivity index (χ0n) is 54.9. The fourth-order valence-electron chi connectivity index (χ4n) is 13.5. The Kier molecular flexibility index (Phi) is 13.8. The van der Waals surface area contributed by atoms with Crippen LogP contribution in [0, 0.1) is 0 Å². The van der Waals surface area contributed by atoms with Gasteiger partial charge in [0, 0.05) is 72.7 Å². The minimum atomic E-state index is -0.382. The predicted molar refractivity (Wildman–Crippen MR) is 380 cm³/mol. The summed E-state index contributed by atoms with van der Waals surface area (Å²) in [5.74, 6) is 0. The van der Waals surface area contributed by atoms with Crippen molar-refractivity contribution in [2.24, 2.45) is 0 Å². The average molecular weight is 1150 g/mol. The maximum absolute atomic E-state index is 7.35. The minimum absolute atomic E-state index is 0.00153. The van der Waals surface area contributed by atoms with E-state index >= 15 is 0 Å². The molecule has 1 radical (unpaired) electrons. The molecule has 1 N–H and O–H groups in total. The molecule has 2 aliphatic rings. The van der Waals surface area contributed by atoms with Crippen LogP contribution >= 0.6 is 0 Å². The molecular formula is C83H85BN3O. The summed E-state index contributed by atoms with van der Waals surface area (Å²) >= 11 is 0. The highest BCUT2D eigenvalue weighted by Gasteiger charge is 2.40. The molecule has 0 bridgehead atoms. The van der Waals surface area contributed by atoms with Crippen LogP contribution in [0.25, 0.3) is 55.3 Å². The van der Waals surface area contributed by atoms with E-state index in [4.69, 9.17) is 4.42 Å². The number of benzene rings is 10. The second kappa shape index (κ2) is 20.8. The molecule has 11 aromatic rings. The smallest absolute Gasteiger partial charge is 0.198 e. The predicted octanol–water partition coefficient (Wildman–Crippen LogP) is 22.4. The van der Waals surface area contributed by atoms with E-state index in [2.05, 4.69) is 340 Å². The number of rotatable bonds is 8. The topological polar surface area (TPSA) is 31.7 Å². The van der Waals surface area contributed by atoms with Gasteiger partial charge in [-0.2, -0.15) is 0 Å². The van der Waals surface area contributed by atoms with Crippen molar-refractivity contribution in [1.82, 2.24) is 0 Å². The lowest BCUT2D eigenvalue weighted by molar-refractivity contribution is 0.590. The highest BCUT2D eigenvalue weighted by molar-refractivity contribution is 6.74. The van der Waals surface area contributed by atoms with E-state index in [0.29, 0.717) is 0 Å². The third-order valence-corrected chi connectivity index (χ3v) is 18.9. The summed E-state index contributed by atoms with van der Waals surface area (Å²) < 4.78 is 7.35. The molecular weight excluding hydrogens is 1070 g/mol. The molecule has 0 saturated heterocycles. The zero-order valence-corrected chi connectivity index (χ0v) is 54.9. The molecule has 4 nitrogen and oxygen atoms in total. The van der Waals surface area contributed by atoms with Gasteiger partial charge in [0.2, 0.25) is 0 Å². The molecule has 5 heteroatoms. The van der Waals surface area contributed by atoms with E-state index < -0.39 is 0 Å². The lowest BCUT2D eigenvalue weighted by Crippen LogP contribution is -2.41. The first-order valence-corrected chi connectivity index (χ1v) is 31.7. The van der Waals surface area contributed by atoms with Crippen LogP contribution < -0.4 is 26.0 Å². The number of furan rings is 1. The summed E-state index contributed by atoms with van der Waals surface area (Å²) in [5.41, 5.74) is 28.3.